The summed E-state index contributed by atoms with van der Waals surface area (Å²) < 4.78 is 11.5. The number of hydrogen-bond acceptors (Lipinski definition) is 2. The molecule has 0 atom stereocenters. The molecule has 0 aliphatic rings. The van der Waals surface area contributed by atoms with Crippen molar-refractivity contribution >= 4 is 21.2 Å². The van der Waals surface area contributed by atoms with Gasteiger partial charge in [0.2, 0.25) is 0 Å². The van der Waals surface area contributed by atoms with Gasteiger partial charge in [0.05, 0.1) is 3.57 Å². The van der Waals surface area contributed by atoms with E-state index < -0.39 is 21.2 Å². The van der Waals surface area contributed by atoms with E-state index in [0.29, 0.717) is 3.57 Å². The lowest BCUT2D eigenvalue weighted by Gasteiger charge is -2.05. The summed E-state index contributed by atoms with van der Waals surface area (Å²) >= 11 is -1.26. The molecule has 0 aromatic heterocycles. The fourth-order valence-corrected chi connectivity index (χ4v) is 4.36. The minimum atomic E-state index is -1.26. The minimum absolute atomic E-state index is 0.215. The summed E-state index contributed by atoms with van der Waals surface area (Å²) in [6.45, 7) is 2.28. The van der Waals surface area contributed by atoms with Crippen LogP contribution in [0.2, 0.25) is 0 Å². The molecule has 0 radical (unpaired) electrons. The Labute approximate surface area is 178 Å². The van der Waals surface area contributed by atoms with Crippen LogP contribution in [0.15, 0.2) is 18.2 Å². The first kappa shape index (κ1) is 24.6. The highest BCUT2D eigenvalue weighted by molar-refractivity contribution is 14.1. The third-order valence-corrected chi connectivity index (χ3v) is 6.80. The lowest BCUT2D eigenvalue weighted by Crippen LogP contribution is -1.88. The Morgan fingerprint density at radius 3 is 1.56 bits per heavy atom. The zero-order valence-corrected chi connectivity index (χ0v) is 19.6. The second-order valence-electron chi connectivity index (χ2n) is 7.92. The topological polar surface area (TPSA) is 37.3 Å². The van der Waals surface area contributed by atoms with Crippen LogP contribution >= 0.6 is 21.2 Å². The van der Waals surface area contributed by atoms with Gasteiger partial charge in [0.25, 0.3) is 0 Å². The molecule has 0 spiro atoms. The molecule has 0 amide bonds. The Hall–Kier alpha value is -0.450. The van der Waals surface area contributed by atoms with Crippen LogP contribution in [0.4, 0.5) is 0 Å². The second-order valence-corrected chi connectivity index (χ2v) is 9.52. The van der Waals surface area contributed by atoms with E-state index in [4.69, 9.17) is 0 Å². The average molecular weight is 488 g/mol. The molecule has 0 saturated heterocycles. The lowest BCUT2D eigenvalue weighted by atomic mass is 10.0. The number of unbranched alkanes of at least 4 members (excludes halogenated alkanes) is 15. The minimum Gasteiger partial charge on any atom is -0.507 e. The van der Waals surface area contributed by atoms with Gasteiger partial charge in [-0.15, -0.1) is 0 Å². The number of phenols is 1. The molecule has 1 aromatic carbocycles. The zero-order chi connectivity index (χ0) is 19.6. The van der Waals surface area contributed by atoms with Crippen LogP contribution in [-0.2, 0) is 9.49 Å². The van der Waals surface area contributed by atoms with Gasteiger partial charge in [-0.3, -0.25) is 3.07 Å². The molecule has 0 aliphatic carbocycles. The maximum absolute atomic E-state index is 10.9. The molecule has 0 heterocycles. The van der Waals surface area contributed by atoms with Gasteiger partial charge >= 0.3 is 0 Å². The first-order chi connectivity index (χ1) is 13.3. The lowest BCUT2D eigenvalue weighted by molar-refractivity contribution is 0.470. The molecular weight excluding hydrogens is 447 g/mol. The number of rotatable bonds is 18. The second kappa shape index (κ2) is 17.6. The highest BCUT2D eigenvalue weighted by Crippen LogP contribution is 2.24. The van der Waals surface area contributed by atoms with Crippen LogP contribution in [0.3, 0.4) is 0 Å². The standard InChI is InChI=1S/C24H41IO2/c1-2-3-4-5-6-7-8-9-10-11-12-13-14-15-16-17-18-22-19-20-23(25-27)24(26)21-22/h19-21,26H,2-18H2,1H3. The number of benzene rings is 1. The molecule has 27 heavy (non-hydrogen) atoms. The van der Waals surface area contributed by atoms with Crippen molar-refractivity contribution in [2.24, 2.45) is 0 Å². The van der Waals surface area contributed by atoms with Crippen molar-refractivity contribution < 1.29 is 8.18 Å². The van der Waals surface area contributed by atoms with Gasteiger partial charge in [0.15, 0.2) is 21.2 Å². The number of phenolic OH excluding ortho intramolecular Hbond substituents is 1. The van der Waals surface area contributed by atoms with E-state index in [-0.39, 0.29) is 5.75 Å². The summed E-state index contributed by atoms with van der Waals surface area (Å²) in [5, 5.41) is 9.75. The summed E-state index contributed by atoms with van der Waals surface area (Å²) in [5.74, 6) is 0.215. The molecule has 3 heteroatoms. The van der Waals surface area contributed by atoms with E-state index in [0.717, 1.165) is 6.42 Å². The summed E-state index contributed by atoms with van der Waals surface area (Å²) in [4.78, 5) is 0. The number of aromatic hydroxyl groups is 1. The molecule has 0 aliphatic heterocycles. The van der Waals surface area contributed by atoms with Crippen molar-refractivity contribution in [1.82, 2.24) is 0 Å². The Morgan fingerprint density at radius 2 is 1.15 bits per heavy atom. The van der Waals surface area contributed by atoms with E-state index in [9.17, 15) is 8.18 Å². The summed E-state index contributed by atoms with van der Waals surface area (Å²) in [5.41, 5.74) is 1.17. The van der Waals surface area contributed by atoms with Crippen molar-refractivity contribution in [3.8, 4) is 5.75 Å². The molecule has 2 nitrogen and oxygen atoms in total. The van der Waals surface area contributed by atoms with Gasteiger partial charge in [-0.05, 0) is 30.5 Å². The maximum atomic E-state index is 10.9. The highest BCUT2D eigenvalue weighted by Gasteiger charge is 2.02. The van der Waals surface area contributed by atoms with Gasteiger partial charge in [0.1, 0.15) is 5.75 Å². The van der Waals surface area contributed by atoms with Crippen molar-refractivity contribution in [3.05, 3.63) is 27.3 Å². The molecular formula is C24H41IO2. The quantitative estimate of drug-likeness (QED) is 0.166. The summed E-state index contributed by atoms with van der Waals surface area (Å²) in [7, 11) is 0. The Kier molecular flexibility index (Phi) is 16.1. The number of hydrogen-bond donors (Lipinski definition) is 1. The summed E-state index contributed by atoms with van der Waals surface area (Å²) in [6.07, 6.45) is 23.2. The van der Waals surface area contributed by atoms with Gasteiger partial charge in [-0.25, -0.2) is 0 Å². The van der Waals surface area contributed by atoms with E-state index in [1.165, 1.54) is 108 Å². The predicted molar refractivity (Wildman–Crippen MR) is 125 cm³/mol. The SMILES string of the molecule is CCCCCCCCCCCCCCCCCCc1ccc(I=O)c(O)c1. The fourth-order valence-electron chi connectivity index (χ4n) is 3.66. The van der Waals surface area contributed by atoms with Crippen molar-refractivity contribution in [2.75, 3.05) is 0 Å². The molecule has 1 aromatic rings. The first-order valence-electron chi connectivity index (χ1n) is 11.4. The Bertz CT molecular complexity index is 487. The predicted octanol–water partition coefficient (Wildman–Crippen LogP) is 8.68. The van der Waals surface area contributed by atoms with E-state index >= 15 is 0 Å². The molecule has 156 valence electrons. The molecule has 0 saturated carbocycles. The van der Waals surface area contributed by atoms with Crippen LogP contribution < -0.4 is 0 Å². The monoisotopic (exact) mass is 488 g/mol. The highest BCUT2D eigenvalue weighted by atomic mass is 127. The van der Waals surface area contributed by atoms with Gasteiger partial charge in [0, 0.05) is 0 Å². The van der Waals surface area contributed by atoms with Gasteiger partial charge in [-0.2, -0.15) is 0 Å². The van der Waals surface area contributed by atoms with Crippen molar-refractivity contribution in [1.29, 1.82) is 0 Å². The molecule has 0 bridgehead atoms. The van der Waals surface area contributed by atoms with Gasteiger partial charge in [-0.1, -0.05) is 109 Å². The van der Waals surface area contributed by atoms with Crippen LogP contribution in [-0.4, -0.2) is 5.11 Å². The zero-order valence-electron chi connectivity index (χ0n) is 17.5. The smallest absolute Gasteiger partial charge is 0.185 e. The Balaban J connectivity index is 1.83. The van der Waals surface area contributed by atoms with E-state index in [1.807, 2.05) is 12.1 Å². The van der Waals surface area contributed by atoms with Crippen molar-refractivity contribution in [2.45, 2.75) is 116 Å². The molecule has 0 fully saturated rings. The molecule has 1 N–H and O–H groups in total. The molecule has 0 unspecified atom stereocenters. The molecule has 1 rings (SSSR count). The normalized spacial score (nSPS) is 11.1. The van der Waals surface area contributed by atoms with Gasteiger partial charge < -0.3 is 5.11 Å². The van der Waals surface area contributed by atoms with Crippen LogP contribution in [0.1, 0.15) is 115 Å². The number of halogens is 1. The third kappa shape index (κ3) is 13.4. The Morgan fingerprint density at radius 1 is 0.704 bits per heavy atom. The first-order valence-corrected chi connectivity index (χ1v) is 13.3. The van der Waals surface area contributed by atoms with Crippen LogP contribution in [0, 0.1) is 3.57 Å². The van der Waals surface area contributed by atoms with Crippen molar-refractivity contribution in [3.63, 3.8) is 0 Å². The summed E-state index contributed by atoms with van der Waals surface area (Å²) in [6, 6.07) is 5.62. The largest absolute Gasteiger partial charge is 0.507 e. The van der Waals surface area contributed by atoms with E-state index in [2.05, 4.69) is 6.92 Å². The van der Waals surface area contributed by atoms with Crippen LogP contribution in [0.25, 0.3) is 0 Å². The fraction of sp³-hybridized carbons (Fsp3) is 0.750. The maximum Gasteiger partial charge on any atom is 0.185 e. The average Bonchev–Trinajstić information content (AvgIpc) is 2.68. The third-order valence-electron chi connectivity index (χ3n) is 5.41. The number of aryl methyl sites for hydroxylation is 1. The van der Waals surface area contributed by atoms with Crippen LogP contribution in [0.5, 0.6) is 5.75 Å². The van der Waals surface area contributed by atoms with E-state index in [1.54, 1.807) is 6.07 Å².